The molecule has 0 N–H and O–H groups in total. The monoisotopic (exact) mass is 255 g/mol. The normalized spacial score (nSPS) is 13.7. The van der Waals surface area contributed by atoms with Crippen LogP contribution in [0.2, 0.25) is 0 Å². The van der Waals surface area contributed by atoms with Gasteiger partial charge in [0.2, 0.25) is 0 Å². The van der Waals surface area contributed by atoms with Crippen molar-refractivity contribution in [2.45, 2.75) is 26.5 Å². The number of nitrogens with zero attached hydrogens (tertiary/aromatic N) is 1. The highest BCUT2D eigenvalue weighted by Crippen LogP contribution is 2.16. The summed E-state index contributed by atoms with van der Waals surface area (Å²) in [4.78, 5) is 24.5. The van der Waals surface area contributed by atoms with E-state index in [9.17, 15) is 9.59 Å². The second-order valence-electron chi connectivity index (χ2n) is 4.60. The van der Waals surface area contributed by atoms with E-state index < -0.39 is 17.7 Å². The molecule has 0 aliphatic heterocycles. The fraction of sp³-hybridized carbons (Fsp3) is 0.538. The summed E-state index contributed by atoms with van der Waals surface area (Å²) in [6.45, 7) is 11.7. The number of carbonyl (C=O) groups is 2. The molecular weight excluding hydrogens is 234 g/mol. The summed E-state index contributed by atoms with van der Waals surface area (Å²) in [6.07, 6.45) is 0. The molecule has 0 heterocycles. The number of likely N-dealkylation sites (N-methyl/N-ethyl adjacent to an activating group) is 1. The highest BCUT2D eigenvalue weighted by Gasteiger charge is 2.33. The molecule has 1 unspecified atom stereocenters. The largest absolute Gasteiger partial charge is 0.457 e. The third-order valence-electron chi connectivity index (χ3n) is 2.43. The minimum Gasteiger partial charge on any atom is -0.457 e. The van der Waals surface area contributed by atoms with Crippen LogP contribution in [0, 0.1) is 0 Å². The minimum atomic E-state index is -1.04. The van der Waals surface area contributed by atoms with Gasteiger partial charge in [0.15, 0.2) is 5.72 Å². The Morgan fingerprint density at radius 1 is 1.11 bits per heavy atom. The van der Waals surface area contributed by atoms with Crippen LogP contribution < -0.4 is 0 Å². The van der Waals surface area contributed by atoms with E-state index in [0.29, 0.717) is 5.57 Å². The molecule has 0 fully saturated rings. The molecule has 0 aliphatic carbocycles. The van der Waals surface area contributed by atoms with Crippen molar-refractivity contribution in [1.29, 1.82) is 0 Å². The SMILES string of the molecule is C=C(C)C(=O)OCC(C)(OC(=O)C(=C)C)N(C)C. The van der Waals surface area contributed by atoms with Crippen LogP contribution >= 0.6 is 0 Å². The van der Waals surface area contributed by atoms with Crippen molar-refractivity contribution in [1.82, 2.24) is 4.90 Å². The number of hydrogen-bond acceptors (Lipinski definition) is 5. The molecule has 5 heteroatoms. The second-order valence-corrected chi connectivity index (χ2v) is 4.60. The second kappa shape index (κ2) is 6.35. The van der Waals surface area contributed by atoms with Gasteiger partial charge in [-0.3, -0.25) is 4.90 Å². The molecule has 0 amide bonds. The third-order valence-corrected chi connectivity index (χ3v) is 2.43. The Labute approximate surface area is 108 Å². The molecule has 0 spiro atoms. The van der Waals surface area contributed by atoms with E-state index in [1.54, 1.807) is 39.8 Å². The Morgan fingerprint density at radius 3 is 1.89 bits per heavy atom. The summed E-state index contributed by atoms with van der Waals surface area (Å²) >= 11 is 0. The fourth-order valence-corrected chi connectivity index (χ4v) is 0.859. The van der Waals surface area contributed by atoms with Gasteiger partial charge in [0.1, 0.15) is 6.61 Å². The Bertz CT molecular complexity index is 373. The summed E-state index contributed by atoms with van der Waals surface area (Å²) in [6, 6.07) is 0. The molecule has 0 aliphatic rings. The summed E-state index contributed by atoms with van der Waals surface area (Å²) in [5, 5.41) is 0. The fourth-order valence-electron chi connectivity index (χ4n) is 0.859. The van der Waals surface area contributed by atoms with Gasteiger partial charge in [0.05, 0.1) is 0 Å². The van der Waals surface area contributed by atoms with Gasteiger partial charge < -0.3 is 9.47 Å². The van der Waals surface area contributed by atoms with Crippen LogP contribution in [0.5, 0.6) is 0 Å². The van der Waals surface area contributed by atoms with E-state index >= 15 is 0 Å². The lowest BCUT2D eigenvalue weighted by molar-refractivity contribution is -0.187. The highest BCUT2D eigenvalue weighted by atomic mass is 16.6. The van der Waals surface area contributed by atoms with E-state index in [1.807, 2.05) is 0 Å². The smallest absolute Gasteiger partial charge is 0.334 e. The van der Waals surface area contributed by atoms with Crippen LogP contribution in [-0.2, 0) is 19.1 Å². The third kappa shape index (κ3) is 4.71. The van der Waals surface area contributed by atoms with Crippen LogP contribution in [0.25, 0.3) is 0 Å². The first kappa shape index (κ1) is 16.4. The van der Waals surface area contributed by atoms with Crippen molar-refractivity contribution in [2.24, 2.45) is 0 Å². The number of rotatable bonds is 6. The molecule has 0 bridgehead atoms. The lowest BCUT2D eigenvalue weighted by Crippen LogP contribution is -2.49. The summed E-state index contributed by atoms with van der Waals surface area (Å²) in [7, 11) is 3.45. The van der Waals surface area contributed by atoms with E-state index in [2.05, 4.69) is 13.2 Å². The first-order chi connectivity index (χ1) is 8.10. The zero-order chi connectivity index (χ0) is 14.5. The highest BCUT2D eigenvalue weighted by molar-refractivity contribution is 5.88. The van der Waals surface area contributed by atoms with Crippen LogP contribution in [0.4, 0.5) is 0 Å². The molecule has 0 radical (unpaired) electrons. The van der Waals surface area contributed by atoms with Gasteiger partial charge in [-0.05, 0) is 34.9 Å². The zero-order valence-electron chi connectivity index (χ0n) is 11.7. The molecule has 18 heavy (non-hydrogen) atoms. The van der Waals surface area contributed by atoms with Gasteiger partial charge in [-0.25, -0.2) is 9.59 Å². The van der Waals surface area contributed by atoms with Gasteiger partial charge in [-0.2, -0.15) is 0 Å². The van der Waals surface area contributed by atoms with Crippen LogP contribution in [0.3, 0.4) is 0 Å². The Hall–Kier alpha value is -1.62. The zero-order valence-corrected chi connectivity index (χ0v) is 11.7. The van der Waals surface area contributed by atoms with Gasteiger partial charge in [0, 0.05) is 11.1 Å². The van der Waals surface area contributed by atoms with E-state index in [1.165, 1.54) is 0 Å². The maximum absolute atomic E-state index is 11.5. The predicted molar refractivity (Wildman–Crippen MR) is 68.8 cm³/mol. The average molecular weight is 255 g/mol. The van der Waals surface area contributed by atoms with Gasteiger partial charge in [-0.1, -0.05) is 13.2 Å². The number of carbonyl (C=O) groups excluding carboxylic acids is 2. The van der Waals surface area contributed by atoms with Crippen LogP contribution in [-0.4, -0.2) is 43.3 Å². The topological polar surface area (TPSA) is 55.8 Å². The maximum Gasteiger partial charge on any atom is 0.334 e. The molecule has 102 valence electrons. The van der Waals surface area contributed by atoms with Crippen molar-refractivity contribution < 1.29 is 19.1 Å². The Kier molecular flexibility index (Phi) is 5.78. The van der Waals surface area contributed by atoms with E-state index in [-0.39, 0.29) is 12.2 Å². The first-order valence-corrected chi connectivity index (χ1v) is 5.49. The molecule has 0 saturated heterocycles. The maximum atomic E-state index is 11.5. The van der Waals surface area contributed by atoms with E-state index in [4.69, 9.17) is 9.47 Å². The van der Waals surface area contributed by atoms with Crippen molar-refractivity contribution in [3.8, 4) is 0 Å². The predicted octanol–water partition coefficient (Wildman–Crippen LogP) is 1.50. The molecule has 1 atom stereocenters. The number of hydrogen-bond donors (Lipinski definition) is 0. The lowest BCUT2D eigenvalue weighted by atomic mass is 10.2. The van der Waals surface area contributed by atoms with Crippen molar-refractivity contribution in [2.75, 3.05) is 20.7 Å². The molecule has 5 nitrogen and oxygen atoms in total. The van der Waals surface area contributed by atoms with Crippen molar-refractivity contribution in [3.05, 3.63) is 24.3 Å². The molecule has 0 aromatic carbocycles. The van der Waals surface area contributed by atoms with Crippen molar-refractivity contribution in [3.63, 3.8) is 0 Å². The average Bonchev–Trinajstić information content (AvgIpc) is 2.25. The molecular formula is C13H21NO4. The summed E-state index contributed by atoms with van der Waals surface area (Å²) in [5.41, 5.74) is -0.460. The van der Waals surface area contributed by atoms with Gasteiger partial charge >= 0.3 is 11.9 Å². The van der Waals surface area contributed by atoms with E-state index in [0.717, 1.165) is 0 Å². The quantitative estimate of drug-likeness (QED) is 0.409. The molecule has 0 aromatic rings. The number of esters is 2. The standard InChI is InChI=1S/C13H21NO4/c1-9(2)11(15)17-8-13(5,14(6)7)18-12(16)10(3)4/h1,3,8H2,2,4-7H3. The number of ether oxygens (including phenoxy) is 2. The van der Waals surface area contributed by atoms with Gasteiger partial charge in [-0.15, -0.1) is 0 Å². The lowest BCUT2D eigenvalue weighted by Gasteiger charge is -2.35. The Balaban J connectivity index is 4.73. The molecule has 0 aromatic heterocycles. The first-order valence-electron chi connectivity index (χ1n) is 5.49. The van der Waals surface area contributed by atoms with Crippen LogP contribution in [0.15, 0.2) is 24.3 Å². The van der Waals surface area contributed by atoms with Crippen molar-refractivity contribution >= 4 is 11.9 Å². The molecule has 0 saturated carbocycles. The van der Waals surface area contributed by atoms with Crippen LogP contribution in [0.1, 0.15) is 20.8 Å². The Morgan fingerprint density at radius 2 is 1.56 bits per heavy atom. The minimum absolute atomic E-state index is 0.0787. The summed E-state index contributed by atoms with van der Waals surface area (Å²) in [5.74, 6) is -1.05. The van der Waals surface area contributed by atoms with Gasteiger partial charge in [0.25, 0.3) is 0 Å². The molecule has 0 rings (SSSR count). The summed E-state index contributed by atoms with van der Waals surface area (Å²) < 4.78 is 10.3.